The highest BCUT2D eigenvalue weighted by molar-refractivity contribution is 5.66. The Labute approximate surface area is 73.3 Å². The largest absolute Gasteiger partial charge is 0.462 e. The molecule has 0 saturated heterocycles. The Morgan fingerprint density at radius 1 is 1.42 bits per heavy atom. The summed E-state index contributed by atoms with van der Waals surface area (Å²) >= 11 is 0. The van der Waals surface area contributed by atoms with Crippen molar-refractivity contribution >= 4 is 5.97 Å². The van der Waals surface area contributed by atoms with Gasteiger partial charge in [0.2, 0.25) is 0 Å². The van der Waals surface area contributed by atoms with Crippen LogP contribution in [-0.2, 0) is 9.53 Å². The zero-order valence-corrected chi connectivity index (χ0v) is 7.91. The predicted octanol–water partition coefficient (Wildman–Crippen LogP) is 0.921. The van der Waals surface area contributed by atoms with Gasteiger partial charge in [0.05, 0.1) is 0 Å². The van der Waals surface area contributed by atoms with Crippen LogP contribution in [0, 0.1) is 11.8 Å². The second-order valence-electron chi connectivity index (χ2n) is 3.77. The molecule has 1 unspecified atom stereocenters. The molecule has 0 spiro atoms. The summed E-state index contributed by atoms with van der Waals surface area (Å²) in [6, 6.07) is 0.185. The Kier molecular flexibility index (Phi) is 2.73. The maximum atomic E-state index is 10.7. The smallest absolute Gasteiger partial charge is 0.302 e. The van der Waals surface area contributed by atoms with Crippen LogP contribution in [0.3, 0.4) is 0 Å². The maximum absolute atomic E-state index is 10.7. The average molecular weight is 171 g/mol. The highest BCUT2D eigenvalue weighted by atomic mass is 16.5. The average Bonchev–Trinajstić information content (AvgIpc) is 2.17. The van der Waals surface area contributed by atoms with Crippen molar-refractivity contribution in [2.24, 2.45) is 17.6 Å². The third-order valence-corrected chi connectivity index (χ3v) is 2.91. The van der Waals surface area contributed by atoms with Gasteiger partial charge in [-0.25, -0.2) is 0 Å². The summed E-state index contributed by atoms with van der Waals surface area (Å²) < 4.78 is 5.15. The summed E-state index contributed by atoms with van der Waals surface area (Å²) in [5, 5.41) is 0. The van der Waals surface area contributed by atoms with Crippen molar-refractivity contribution in [2.75, 3.05) is 0 Å². The summed E-state index contributed by atoms with van der Waals surface area (Å²) in [4.78, 5) is 10.7. The topological polar surface area (TPSA) is 52.3 Å². The molecule has 0 radical (unpaired) electrons. The number of rotatable bonds is 1. The van der Waals surface area contributed by atoms with Crippen molar-refractivity contribution in [3.8, 4) is 0 Å². The minimum absolute atomic E-state index is 0.0347. The molecule has 1 fully saturated rings. The first-order valence-corrected chi connectivity index (χ1v) is 4.45. The lowest BCUT2D eigenvalue weighted by molar-refractivity contribution is -0.148. The molecule has 0 heterocycles. The number of hydrogen-bond acceptors (Lipinski definition) is 3. The Hall–Kier alpha value is -0.570. The first kappa shape index (κ1) is 9.52. The Balaban J connectivity index is 2.52. The van der Waals surface area contributed by atoms with Gasteiger partial charge in [-0.3, -0.25) is 4.79 Å². The second kappa shape index (κ2) is 3.44. The minimum atomic E-state index is -0.201. The monoisotopic (exact) mass is 171 g/mol. The third-order valence-electron chi connectivity index (χ3n) is 2.91. The first-order valence-electron chi connectivity index (χ1n) is 4.45. The number of carbonyl (C=O) groups is 1. The van der Waals surface area contributed by atoms with Crippen molar-refractivity contribution in [2.45, 2.75) is 39.3 Å². The van der Waals surface area contributed by atoms with Crippen LogP contribution in [0.5, 0.6) is 0 Å². The molecule has 0 aromatic rings. The standard InChI is InChI=1S/C9H17NO2/c1-5-6(2)9(4-8(5)10)12-7(3)11/h5-6,8-9H,4,10H2,1-3H3/t5-,6+,8?,9-/m1/s1. The molecule has 2 N–H and O–H groups in total. The van der Waals surface area contributed by atoms with Crippen molar-refractivity contribution in [3.63, 3.8) is 0 Å². The number of carbonyl (C=O) groups excluding carboxylic acids is 1. The van der Waals surface area contributed by atoms with Crippen LogP contribution in [0.15, 0.2) is 0 Å². The van der Waals surface area contributed by atoms with E-state index in [4.69, 9.17) is 10.5 Å². The number of hydrogen-bond donors (Lipinski definition) is 1. The molecule has 0 aromatic carbocycles. The van der Waals surface area contributed by atoms with Crippen LogP contribution in [0.4, 0.5) is 0 Å². The van der Waals surface area contributed by atoms with Crippen molar-refractivity contribution in [1.82, 2.24) is 0 Å². The van der Waals surface area contributed by atoms with Gasteiger partial charge in [0.1, 0.15) is 6.10 Å². The molecule has 0 aliphatic heterocycles. The van der Waals surface area contributed by atoms with Crippen LogP contribution in [0.25, 0.3) is 0 Å². The zero-order valence-electron chi connectivity index (χ0n) is 7.91. The molecule has 1 aliphatic rings. The fourth-order valence-electron chi connectivity index (χ4n) is 1.79. The molecular weight excluding hydrogens is 154 g/mol. The molecule has 0 bridgehead atoms. The predicted molar refractivity (Wildman–Crippen MR) is 46.5 cm³/mol. The molecule has 1 aliphatic carbocycles. The van der Waals surface area contributed by atoms with Crippen molar-refractivity contribution < 1.29 is 9.53 Å². The van der Waals surface area contributed by atoms with Crippen LogP contribution in [-0.4, -0.2) is 18.1 Å². The fourth-order valence-corrected chi connectivity index (χ4v) is 1.79. The summed E-state index contributed by atoms with van der Waals surface area (Å²) in [6.07, 6.45) is 0.842. The lowest BCUT2D eigenvalue weighted by Crippen LogP contribution is -2.24. The second-order valence-corrected chi connectivity index (χ2v) is 3.77. The Morgan fingerprint density at radius 2 is 2.00 bits per heavy atom. The highest BCUT2D eigenvalue weighted by Gasteiger charge is 2.37. The van der Waals surface area contributed by atoms with Crippen LogP contribution in [0.2, 0.25) is 0 Å². The molecule has 12 heavy (non-hydrogen) atoms. The lowest BCUT2D eigenvalue weighted by atomic mass is 9.97. The van der Waals surface area contributed by atoms with Crippen molar-refractivity contribution in [1.29, 1.82) is 0 Å². The van der Waals surface area contributed by atoms with E-state index in [0.717, 1.165) is 6.42 Å². The highest BCUT2D eigenvalue weighted by Crippen LogP contribution is 2.32. The fraction of sp³-hybridized carbons (Fsp3) is 0.889. The van der Waals surface area contributed by atoms with Gasteiger partial charge in [0, 0.05) is 19.4 Å². The van der Waals surface area contributed by atoms with E-state index in [9.17, 15) is 4.79 Å². The van der Waals surface area contributed by atoms with Gasteiger partial charge >= 0.3 is 5.97 Å². The third kappa shape index (κ3) is 1.78. The van der Waals surface area contributed by atoms with E-state index in [2.05, 4.69) is 13.8 Å². The zero-order chi connectivity index (χ0) is 9.30. The van der Waals surface area contributed by atoms with E-state index in [1.54, 1.807) is 0 Å². The summed E-state index contributed by atoms with van der Waals surface area (Å²) in [5.41, 5.74) is 5.84. The molecule has 4 atom stereocenters. The summed E-state index contributed by atoms with van der Waals surface area (Å²) in [6.45, 7) is 5.64. The van der Waals surface area contributed by atoms with Gasteiger partial charge in [-0.2, -0.15) is 0 Å². The number of nitrogens with two attached hydrogens (primary N) is 1. The molecule has 1 saturated carbocycles. The first-order chi connectivity index (χ1) is 5.52. The number of esters is 1. The van der Waals surface area contributed by atoms with Crippen molar-refractivity contribution in [3.05, 3.63) is 0 Å². The number of ether oxygens (including phenoxy) is 1. The van der Waals surface area contributed by atoms with Crippen LogP contribution >= 0.6 is 0 Å². The van der Waals surface area contributed by atoms with Gasteiger partial charge in [-0.15, -0.1) is 0 Å². The quantitative estimate of drug-likeness (QED) is 0.597. The van der Waals surface area contributed by atoms with Crippen LogP contribution in [0.1, 0.15) is 27.2 Å². The molecule has 0 aromatic heterocycles. The summed E-state index contributed by atoms with van der Waals surface area (Å²) in [5.74, 6) is 0.645. The molecular formula is C9H17NO2. The SMILES string of the molecule is CC(=O)O[C@@H]1CC(N)[C@H](C)[C@@H]1C. The van der Waals surface area contributed by atoms with E-state index in [-0.39, 0.29) is 18.1 Å². The van der Waals surface area contributed by atoms with Gasteiger partial charge in [0.15, 0.2) is 0 Å². The molecule has 0 amide bonds. The van der Waals surface area contributed by atoms with E-state index in [1.807, 2.05) is 0 Å². The normalized spacial score (nSPS) is 41.3. The van der Waals surface area contributed by atoms with E-state index >= 15 is 0 Å². The van der Waals surface area contributed by atoms with Gasteiger partial charge in [0.25, 0.3) is 0 Å². The van der Waals surface area contributed by atoms with Gasteiger partial charge in [-0.05, 0) is 11.8 Å². The van der Waals surface area contributed by atoms with Gasteiger partial charge < -0.3 is 10.5 Å². The molecule has 3 nitrogen and oxygen atoms in total. The lowest BCUT2D eigenvalue weighted by Gasteiger charge is -2.17. The Bertz CT molecular complexity index is 181. The summed E-state index contributed by atoms with van der Waals surface area (Å²) in [7, 11) is 0. The van der Waals surface area contributed by atoms with E-state index in [1.165, 1.54) is 6.92 Å². The van der Waals surface area contributed by atoms with E-state index in [0.29, 0.717) is 11.8 Å². The molecule has 3 heteroatoms. The Morgan fingerprint density at radius 3 is 2.33 bits per heavy atom. The molecule has 1 rings (SSSR count). The minimum Gasteiger partial charge on any atom is -0.462 e. The van der Waals surface area contributed by atoms with Gasteiger partial charge in [-0.1, -0.05) is 13.8 Å². The maximum Gasteiger partial charge on any atom is 0.302 e. The molecule has 70 valence electrons. The van der Waals surface area contributed by atoms with Crippen LogP contribution < -0.4 is 5.73 Å². The van der Waals surface area contributed by atoms with E-state index < -0.39 is 0 Å².